The summed E-state index contributed by atoms with van der Waals surface area (Å²) >= 11 is 0. The number of nitrogens with one attached hydrogen (secondary N) is 2. The van der Waals surface area contributed by atoms with Crippen LogP contribution in [0.1, 0.15) is 20.8 Å². The Balaban J connectivity index is 2.68. The molecule has 0 aromatic heterocycles. The van der Waals surface area contributed by atoms with Crippen LogP contribution in [-0.2, 0) is 0 Å². The SMILES string of the molecule is C=CC(C)Nc1cccc(NC(C)C(C)O)c1. The van der Waals surface area contributed by atoms with Gasteiger partial charge in [-0.15, -0.1) is 6.58 Å². The van der Waals surface area contributed by atoms with E-state index in [0.29, 0.717) is 0 Å². The lowest BCUT2D eigenvalue weighted by Gasteiger charge is -2.19. The zero-order valence-electron chi connectivity index (χ0n) is 10.8. The van der Waals surface area contributed by atoms with Crippen LogP contribution in [0.2, 0.25) is 0 Å². The van der Waals surface area contributed by atoms with Crippen molar-refractivity contribution in [1.82, 2.24) is 0 Å². The number of aliphatic hydroxyl groups is 1. The highest BCUT2D eigenvalue weighted by molar-refractivity contribution is 5.57. The number of benzene rings is 1. The Morgan fingerprint density at radius 3 is 2.29 bits per heavy atom. The van der Waals surface area contributed by atoms with E-state index in [-0.39, 0.29) is 18.2 Å². The Morgan fingerprint density at radius 2 is 1.76 bits per heavy atom. The predicted octanol–water partition coefficient (Wildman–Crippen LogP) is 2.85. The van der Waals surface area contributed by atoms with E-state index < -0.39 is 0 Å². The van der Waals surface area contributed by atoms with Crippen molar-refractivity contribution in [3.63, 3.8) is 0 Å². The fourth-order valence-corrected chi connectivity index (χ4v) is 1.40. The van der Waals surface area contributed by atoms with Gasteiger partial charge in [-0.2, -0.15) is 0 Å². The third-order valence-corrected chi connectivity index (χ3v) is 2.73. The first-order valence-electron chi connectivity index (χ1n) is 5.96. The van der Waals surface area contributed by atoms with Gasteiger partial charge in [-0.3, -0.25) is 0 Å². The van der Waals surface area contributed by atoms with Crippen LogP contribution >= 0.6 is 0 Å². The van der Waals surface area contributed by atoms with E-state index in [0.717, 1.165) is 11.4 Å². The second-order valence-electron chi connectivity index (χ2n) is 4.42. The molecule has 0 bridgehead atoms. The molecule has 3 unspecified atom stereocenters. The van der Waals surface area contributed by atoms with Crippen LogP contribution in [0.25, 0.3) is 0 Å². The standard InChI is InChI=1S/C14H22N2O/c1-5-10(2)15-13-7-6-8-14(9-13)16-11(3)12(4)17/h5-12,15-17H,1H2,2-4H3. The van der Waals surface area contributed by atoms with Gasteiger partial charge in [0.1, 0.15) is 0 Å². The largest absolute Gasteiger partial charge is 0.391 e. The van der Waals surface area contributed by atoms with E-state index in [1.54, 1.807) is 6.92 Å². The molecule has 3 N–H and O–H groups in total. The van der Waals surface area contributed by atoms with Crippen molar-refractivity contribution >= 4 is 11.4 Å². The molecule has 1 aromatic rings. The minimum absolute atomic E-state index is 0.0297. The molecule has 0 spiro atoms. The molecule has 3 atom stereocenters. The second-order valence-corrected chi connectivity index (χ2v) is 4.42. The zero-order valence-corrected chi connectivity index (χ0v) is 10.8. The van der Waals surface area contributed by atoms with Crippen molar-refractivity contribution in [3.05, 3.63) is 36.9 Å². The molecule has 1 aromatic carbocycles. The van der Waals surface area contributed by atoms with Gasteiger partial charge in [0.25, 0.3) is 0 Å². The lowest BCUT2D eigenvalue weighted by Crippen LogP contribution is -2.27. The van der Waals surface area contributed by atoms with E-state index in [1.807, 2.05) is 44.2 Å². The highest BCUT2D eigenvalue weighted by Crippen LogP contribution is 2.17. The molecule has 0 aliphatic carbocycles. The van der Waals surface area contributed by atoms with E-state index in [9.17, 15) is 5.11 Å². The second kappa shape index (κ2) is 6.30. The highest BCUT2D eigenvalue weighted by atomic mass is 16.3. The summed E-state index contributed by atoms with van der Waals surface area (Å²) in [6.07, 6.45) is 1.48. The van der Waals surface area contributed by atoms with Crippen molar-refractivity contribution in [1.29, 1.82) is 0 Å². The number of anilines is 2. The van der Waals surface area contributed by atoms with Gasteiger partial charge in [0.15, 0.2) is 0 Å². The third kappa shape index (κ3) is 4.49. The quantitative estimate of drug-likeness (QED) is 0.663. The molecule has 3 heteroatoms. The van der Waals surface area contributed by atoms with Crippen LogP contribution in [0, 0.1) is 0 Å². The molecule has 0 aliphatic heterocycles. The lowest BCUT2D eigenvalue weighted by molar-refractivity contribution is 0.178. The molecule has 0 fully saturated rings. The van der Waals surface area contributed by atoms with Gasteiger partial charge in [-0.25, -0.2) is 0 Å². The molecule has 0 saturated heterocycles. The highest BCUT2D eigenvalue weighted by Gasteiger charge is 2.08. The first kappa shape index (κ1) is 13.6. The van der Waals surface area contributed by atoms with Gasteiger partial charge in [0.2, 0.25) is 0 Å². The molecule has 0 saturated carbocycles. The monoisotopic (exact) mass is 234 g/mol. The van der Waals surface area contributed by atoms with Crippen molar-refractivity contribution < 1.29 is 5.11 Å². The minimum Gasteiger partial charge on any atom is -0.391 e. The molecule has 94 valence electrons. The maximum Gasteiger partial charge on any atom is 0.0710 e. The Kier molecular flexibility index (Phi) is 5.04. The normalized spacial score (nSPS) is 15.8. The van der Waals surface area contributed by atoms with Gasteiger partial charge in [0.05, 0.1) is 6.10 Å². The van der Waals surface area contributed by atoms with Crippen LogP contribution in [0.4, 0.5) is 11.4 Å². The van der Waals surface area contributed by atoms with Gasteiger partial charge in [0, 0.05) is 23.5 Å². The van der Waals surface area contributed by atoms with Gasteiger partial charge in [-0.1, -0.05) is 12.1 Å². The molecule has 0 radical (unpaired) electrons. The molecule has 17 heavy (non-hydrogen) atoms. The Bertz CT molecular complexity index is 363. The van der Waals surface area contributed by atoms with Crippen LogP contribution in [0.15, 0.2) is 36.9 Å². The Hall–Kier alpha value is -1.48. The molecule has 0 heterocycles. The van der Waals surface area contributed by atoms with Gasteiger partial charge < -0.3 is 15.7 Å². The molecule has 0 amide bonds. The first-order chi connectivity index (χ1) is 8.02. The molecule has 3 nitrogen and oxygen atoms in total. The topological polar surface area (TPSA) is 44.3 Å². The van der Waals surface area contributed by atoms with Crippen LogP contribution in [-0.4, -0.2) is 23.3 Å². The Labute approximate surface area is 104 Å². The maximum absolute atomic E-state index is 9.44. The van der Waals surface area contributed by atoms with Crippen LogP contribution < -0.4 is 10.6 Å². The number of aliphatic hydroxyl groups excluding tert-OH is 1. The summed E-state index contributed by atoms with van der Waals surface area (Å²) in [5.74, 6) is 0. The summed E-state index contributed by atoms with van der Waals surface area (Å²) in [6.45, 7) is 9.52. The number of hydrogen-bond donors (Lipinski definition) is 3. The summed E-state index contributed by atoms with van der Waals surface area (Å²) in [5, 5.41) is 16.0. The molecule has 0 aliphatic rings. The molecular weight excluding hydrogens is 212 g/mol. The van der Waals surface area contributed by atoms with Crippen molar-refractivity contribution in [3.8, 4) is 0 Å². The molecular formula is C14H22N2O. The zero-order chi connectivity index (χ0) is 12.8. The van der Waals surface area contributed by atoms with E-state index >= 15 is 0 Å². The molecule has 1 rings (SSSR count). The van der Waals surface area contributed by atoms with Gasteiger partial charge >= 0.3 is 0 Å². The van der Waals surface area contributed by atoms with E-state index in [2.05, 4.69) is 17.2 Å². The smallest absolute Gasteiger partial charge is 0.0710 e. The first-order valence-corrected chi connectivity index (χ1v) is 5.96. The summed E-state index contributed by atoms with van der Waals surface area (Å²) in [7, 11) is 0. The van der Waals surface area contributed by atoms with Crippen LogP contribution in [0.3, 0.4) is 0 Å². The van der Waals surface area contributed by atoms with Crippen molar-refractivity contribution in [2.75, 3.05) is 10.6 Å². The fraction of sp³-hybridized carbons (Fsp3) is 0.429. The van der Waals surface area contributed by atoms with E-state index in [4.69, 9.17) is 0 Å². The van der Waals surface area contributed by atoms with Crippen LogP contribution in [0.5, 0.6) is 0 Å². The summed E-state index contributed by atoms with van der Waals surface area (Å²) in [4.78, 5) is 0. The van der Waals surface area contributed by atoms with Crippen molar-refractivity contribution in [2.24, 2.45) is 0 Å². The lowest BCUT2D eigenvalue weighted by atomic mass is 10.2. The maximum atomic E-state index is 9.44. The minimum atomic E-state index is -0.376. The van der Waals surface area contributed by atoms with E-state index in [1.165, 1.54) is 0 Å². The predicted molar refractivity (Wildman–Crippen MR) is 74.5 cm³/mol. The summed E-state index contributed by atoms with van der Waals surface area (Å²) in [5.41, 5.74) is 2.04. The summed E-state index contributed by atoms with van der Waals surface area (Å²) < 4.78 is 0. The number of rotatable bonds is 6. The third-order valence-electron chi connectivity index (χ3n) is 2.73. The summed E-state index contributed by atoms with van der Waals surface area (Å²) in [6, 6.07) is 8.27. The fourth-order valence-electron chi connectivity index (χ4n) is 1.40. The average Bonchev–Trinajstić information content (AvgIpc) is 2.29. The Morgan fingerprint density at radius 1 is 1.18 bits per heavy atom. The van der Waals surface area contributed by atoms with Crippen molar-refractivity contribution in [2.45, 2.75) is 39.0 Å². The average molecular weight is 234 g/mol. The van der Waals surface area contributed by atoms with Gasteiger partial charge in [-0.05, 0) is 39.0 Å². The number of hydrogen-bond acceptors (Lipinski definition) is 3.